The van der Waals surface area contributed by atoms with Gasteiger partial charge in [0.15, 0.2) is 0 Å². The summed E-state index contributed by atoms with van der Waals surface area (Å²) >= 11 is 13.1. The summed E-state index contributed by atoms with van der Waals surface area (Å²) in [6.07, 6.45) is 2.17. The zero-order valence-corrected chi connectivity index (χ0v) is 21.1. The molecule has 31 heavy (non-hydrogen) atoms. The van der Waals surface area contributed by atoms with Crippen molar-refractivity contribution in [2.75, 3.05) is 12.3 Å². The van der Waals surface area contributed by atoms with Crippen molar-refractivity contribution in [3.05, 3.63) is 119 Å². The van der Waals surface area contributed by atoms with E-state index in [2.05, 4.69) is 97.1 Å². The second kappa shape index (κ2) is 12.2. The number of hydrogen-bond donors (Lipinski definition) is 0. The Balaban J connectivity index is 0.00000272. The Morgan fingerprint density at radius 3 is 1.39 bits per heavy atom. The number of hydrogen-bond acceptors (Lipinski definition) is 0. The largest absolute Gasteiger partial charge is 0.0827 e. The summed E-state index contributed by atoms with van der Waals surface area (Å²) in [4.78, 5) is 0. The molecule has 0 spiro atoms. The van der Waals surface area contributed by atoms with Crippen LogP contribution in [0.5, 0.6) is 0 Å². The molecule has 0 aliphatic heterocycles. The van der Waals surface area contributed by atoms with Gasteiger partial charge >= 0.3 is 0 Å². The average molecular weight is 526 g/mol. The van der Waals surface area contributed by atoms with Crippen LogP contribution in [0.4, 0.5) is 0 Å². The normalized spacial score (nSPS) is 11.7. The first-order chi connectivity index (χ1) is 14.7. The maximum absolute atomic E-state index is 6.68. The van der Waals surface area contributed by atoms with Crippen molar-refractivity contribution in [3.63, 3.8) is 0 Å². The SMILES string of the molecule is Clc1cccc(P(CCP(c2ccccc2)c2ccccc2)c2ccccc2)c1Cl.[Co]. The van der Waals surface area contributed by atoms with Gasteiger partial charge in [0.25, 0.3) is 0 Å². The zero-order chi connectivity index (χ0) is 20.8. The van der Waals surface area contributed by atoms with Crippen molar-refractivity contribution < 1.29 is 16.8 Å². The Morgan fingerprint density at radius 1 is 0.484 bits per heavy atom. The van der Waals surface area contributed by atoms with Crippen molar-refractivity contribution in [3.8, 4) is 0 Å². The third-order valence-corrected chi connectivity index (χ3v) is 11.3. The van der Waals surface area contributed by atoms with E-state index in [4.69, 9.17) is 23.2 Å². The standard InChI is InChI=1S/C26H22Cl2P2.Co/c27-24-17-10-18-25(26(24)28)30(23-15-8-3-9-16-23)20-19-29(21-11-4-1-5-12-21)22-13-6-2-7-14-22;/h1-18H,19-20H2;. The molecule has 0 aromatic heterocycles. The first-order valence-electron chi connectivity index (χ1n) is 9.88. The van der Waals surface area contributed by atoms with E-state index in [1.165, 1.54) is 21.2 Å². The van der Waals surface area contributed by atoms with Gasteiger partial charge in [-0.2, -0.15) is 0 Å². The Hall–Kier alpha value is -1.17. The second-order valence-electron chi connectivity index (χ2n) is 6.88. The fourth-order valence-corrected chi connectivity index (χ4v) is 9.60. The summed E-state index contributed by atoms with van der Waals surface area (Å²) in [6.45, 7) is 0. The molecule has 0 N–H and O–H groups in total. The predicted octanol–water partition coefficient (Wildman–Crippen LogP) is 6.56. The van der Waals surface area contributed by atoms with Crippen molar-refractivity contribution in [1.29, 1.82) is 0 Å². The van der Waals surface area contributed by atoms with Gasteiger partial charge in [-0.05, 0) is 50.1 Å². The molecule has 4 aromatic rings. The Bertz CT molecular complexity index is 1040. The van der Waals surface area contributed by atoms with Gasteiger partial charge < -0.3 is 0 Å². The van der Waals surface area contributed by atoms with Gasteiger partial charge in [0.1, 0.15) is 0 Å². The monoisotopic (exact) mass is 525 g/mol. The van der Waals surface area contributed by atoms with Crippen LogP contribution in [0, 0.1) is 0 Å². The van der Waals surface area contributed by atoms with Gasteiger partial charge in [0, 0.05) is 22.1 Å². The summed E-state index contributed by atoms with van der Waals surface area (Å²) in [5.41, 5.74) is 0. The molecular weight excluding hydrogens is 504 g/mol. The molecule has 0 fully saturated rings. The summed E-state index contributed by atoms with van der Waals surface area (Å²) in [7, 11) is -1.04. The molecule has 5 heteroatoms. The van der Waals surface area contributed by atoms with Crippen molar-refractivity contribution >= 4 is 60.3 Å². The van der Waals surface area contributed by atoms with E-state index in [0.717, 1.165) is 12.3 Å². The minimum Gasteiger partial charge on any atom is -0.0827 e. The van der Waals surface area contributed by atoms with E-state index in [1.807, 2.05) is 12.1 Å². The topological polar surface area (TPSA) is 0 Å². The quantitative estimate of drug-likeness (QED) is 0.240. The minimum atomic E-state index is -0.601. The molecule has 4 rings (SSSR count). The molecule has 0 heterocycles. The fourth-order valence-electron chi connectivity index (χ4n) is 3.52. The summed E-state index contributed by atoms with van der Waals surface area (Å²) in [5, 5.41) is 6.66. The van der Waals surface area contributed by atoms with Crippen LogP contribution in [0.1, 0.15) is 0 Å². The van der Waals surface area contributed by atoms with E-state index in [0.29, 0.717) is 10.0 Å². The van der Waals surface area contributed by atoms with Gasteiger partial charge in [-0.1, -0.05) is 126 Å². The smallest absolute Gasteiger partial charge is 0.0672 e. The molecule has 0 aliphatic rings. The summed E-state index contributed by atoms with van der Waals surface area (Å²) in [5.74, 6) is 0. The van der Waals surface area contributed by atoms with Crippen LogP contribution in [0.25, 0.3) is 0 Å². The van der Waals surface area contributed by atoms with Crippen molar-refractivity contribution in [2.24, 2.45) is 0 Å². The van der Waals surface area contributed by atoms with Gasteiger partial charge in [0.2, 0.25) is 0 Å². The molecule has 1 unspecified atom stereocenters. The average Bonchev–Trinajstić information content (AvgIpc) is 2.81. The maximum Gasteiger partial charge on any atom is 0.0672 e. The molecular formula is C26H22Cl2CoP2. The molecule has 0 amide bonds. The van der Waals surface area contributed by atoms with Gasteiger partial charge in [-0.25, -0.2) is 0 Å². The predicted molar refractivity (Wildman–Crippen MR) is 138 cm³/mol. The summed E-state index contributed by atoms with van der Waals surface area (Å²) < 4.78 is 0. The van der Waals surface area contributed by atoms with E-state index in [1.54, 1.807) is 0 Å². The molecule has 1 atom stereocenters. The molecule has 0 bridgehead atoms. The molecule has 1 radical (unpaired) electrons. The number of benzene rings is 4. The number of halogens is 2. The first-order valence-corrected chi connectivity index (χ1v) is 13.7. The van der Waals surface area contributed by atoms with Crippen LogP contribution < -0.4 is 21.2 Å². The van der Waals surface area contributed by atoms with Gasteiger partial charge in [0.05, 0.1) is 10.0 Å². The van der Waals surface area contributed by atoms with Crippen molar-refractivity contribution in [2.45, 2.75) is 0 Å². The third-order valence-electron chi connectivity index (χ3n) is 4.97. The molecule has 0 aliphatic carbocycles. The fraction of sp³-hybridized carbons (Fsp3) is 0.0769. The van der Waals surface area contributed by atoms with Crippen LogP contribution in [-0.2, 0) is 16.8 Å². The first kappa shape index (κ1) is 24.5. The Labute approximate surface area is 207 Å². The van der Waals surface area contributed by atoms with Crippen LogP contribution in [0.2, 0.25) is 10.0 Å². The third kappa shape index (κ3) is 6.20. The maximum atomic E-state index is 6.68. The van der Waals surface area contributed by atoms with Gasteiger partial charge in [-0.15, -0.1) is 0 Å². The summed E-state index contributed by atoms with van der Waals surface area (Å²) in [6, 6.07) is 38.5. The van der Waals surface area contributed by atoms with E-state index < -0.39 is 15.8 Å². The number of rotatable bonds is 7. The molecule has 159 valence electrons. The Morgan fingerprint density at radius 2 is 0.903 bits per heavy atom. The van der Waals surface area contributed by atoms with E-state index in [-0.39, 0.29) is 16.8 Å². The van der Waals surface area contributed by atoms with Crippen LogP contribution in [0.3, 0.4) is 0 Å². The molecule has 4 aromatic carbocycles. The van der Waals surface area contributed by atoms with Gasteiger partial charge in [-0.3, -0.25) is 0 Å². The zero-order valence-electron chi connectivity index (χ0n) is 16.8. The van der Waals surface area contributed by atoms with E-state index >= 15 is 0 Å². The minimum absolute atomic E-state index is 0. The molecule has 0 nitrogen and oxygen atoms in total. The van der Waals surface area contributed by atoms with Crippen LogP contribution in [-0.4, -0.2) is 12.3 Å². The van der Waals surface area contributed by atoms with E-state index in [9.17, 15) is 0 Å². The van der Waals surface area contributed by atoms with Crippen LogP contribution in [0.15, 0.2) is 109 Å². The van der Waals surface area contributed by atoms with Crippen molar-refractivity contribution in [1.82, 2.24) is 0 Å². The molecule has 0 saturated heterocycles. The Kier molecular flexibility index (Phi) is 9.61. The molecule has 0 saturated carbocycles. The van der Waals surface area contributed by atoms with Crippen LogP contribution >= 0.6 is 39.0 Å². The second-order valence-corrected chi connectivity index (χ2v) is 12.3.